The van der Waals surface area contributed by atoms with Gasteiger partial charge < -0.3 is 15.8 Å². The van der Waals surface area contributed by atoms with Crippen molar-refractivity contribution in [3.63, 3.8) is 0 Å². The summed E-state index contributed by atoms with van der Waals surface area (Å²) in [4.78, 5) is 23.8. The minimum atomic E-state index is -0.724. The Morgan fingerprint density at radius 2 is 1.81 bits per heavy atom. The van der Waals surface area contributed by atoms with E-state index in [2.05, 4.69) is 5.32 Å². The molecule has 0 bridgehead atoms. The van der Waals surface area contributed by atoms with Gasteiger partial charge in [0.05, 0.1) is 6.04 Å². The van der Waals surface area contributed by atoms with Crippen molar-refractivity contribution in [3.8, 4) is 0 Å². The molecule has 5 nitrogen and oxygen atoms in total. The zero-order valence-corrected chi connectivity index (χ0v) is 13.1. The average Bonchev–Trinajstić information content (AvgIpc) is 2.37. The number of nitrogens with one attached hydrogen (secondary N) is 1. The van der Waals surface area contributed by atoms with Gasteiger partial charge in [0.2, 0.25) is 5.91 Å². The van der Waals surface area contributed by atoms with Crippen LogP contribution in [0.3, 0.4) is 0 Å². The Balaban J connectivity index is 2.50. The van der Waals surface area contributed by atoms with Crippen molar-refractivity contribution in [2.24, 2.45) is 5.73 Å². The van der Waals surface area contributed by atoms with Gasteiger partial charge in [-0.15, -0.1) is 0 Å². The molecule has 1 aromatic rings. The Morgan fingerprint density at radius 1 is 1.24 bits per heavy atom. The second-order valence-corrected chi connectivity index (χ2v) is 6.06. The lowest BCUT2D eigenvalue weighted by Crippen LogP contribution is -2.49. The molecular formula is C16H24N2O3. The van der Waals surface area contributed by atoms with Crippen molar-refractivity contribution in [2.75, 3.05) is 0 Å². The van der Waals surface area contributed by atoms with Gasteiger partial charge in [-0.3, -0.25) is 4.79 Å². The molecule has 21 heavy (non-hydrogen) atoms. The Labute approximate surface area is 125 Å². The molecule has 2 atom stereocenters. The molecule has 0 fully saturated rings. The van der Waals surface area contributed by atoms with Crippen LogP contribution >= 0.6 is 0 Å². The highest BCUT2D eigenvalue weighted by atomic mass is 16.6. The highest BCUT2D eigenvalue weighted by Crippen LogP contribution is 2.08. The van der Waals surface area contributed by atoms with Crippen LogP contribution in [0.4, 0.5) is 0 Å². The summed E-state index contributed by atoms with van der Waals surface area (Å²) in [6, 6.07) is 8.08. The Morgan fingerprint density at radius 3 is 2.33 bits per heavy atom. The lowest BCUT2D eigenvalue weighted by Gasteiger charge is -2.23. The molecule has 0 aliphatic heterocycles. The monoisotopic (exact) mass is 292 g/mol. The molecule has 0 unspecified atom stereocenters. The van der Waals surface area contributed by atoms with Crippen LogP contribution in [-0.4, -0.2) is 29.6 Å². The topological polar surface area (TPSA) is 81.4 Å². The molecule has 0 heterocycles. The predicted octanol–water partition coefficient (Wildman–Crippen LogP) is 1.40. The largest absolute Gasteiger partial charge is 0.458 e. The molecule has 1 amide bonds. The standard InChI is InChI=1S/C16H24N2O3/c1-11(15(20)21-16(2,3)4)18-14(19)13(17)10-12-8-6-5-7-9-12/h5-9,11,13H,10,17H2,1-4H3,(H,18,19)/t11-,13+/m0/s1. The summed E-state index contributed by atoms with van der Waals surface area (Å²) in [6.07, 6.45) is 0.424. The van der Waals surface area contributed by atoms with Crippen molar-refractivity contribution in [1.82, 2.24) is 5.32 Å². The smallest absolute Gasteiger partial charge is 0.328 e. The number of ether oxygens (including phenoxy) is 1. The second-order valence-electron chi connectivity index (χ2n) is 6.06. The first kappa shape index (κ1) is 17.2. The molecule has 0 saturated heterocycles. The number of hydrogen-bond donors (Lipinski definition) is 2. The van der Waals surface area contributed by atoms with Crippen LogP contribution in [0.25, 0.3) is 0 Å². The van der Waals surface area contributed by atoms with E-state index in [9.17, 15) is 9.59 Å². The summed E-state index contributed by atoms with van der Waals surface area (Å²) in [5.74, 6) is -0.833. The molecule has 0 aliphatic rings. The number of esters is 1. The van der Waals surface area contributed by atoms with E-state index in [0.29, 0.717) is 6.42 Å². The van der Waals surface area contributed by atoms with Crippen molar-refractivity contribution in [1.29, 1.82) is 0 Å². The third-order valence-corrected chi connectivity index (χ3v) is 2.75. The van der Waals surface area contributed by atoms with E-state index in [1.54, 1.807) is 27.7 Å². The van der Waals surface area contributed by atoms with Crippen LogP contribution in [-0.2, 0) is 20.7 Å². The number of nitrogens with two attached hydrogens (primary N) is 1. The van der Waals surface area contributed by atoms with Gasteiger partial charge in [0, 0.05) is 0 Å². The van der Waals surface area contributed by atoms with Gasteiger partial charge in [0.25, 0.3) is 0 Å². The lowest BCUT2D eigenvalue weighted by atomic mass is 10.1. The Hall–Kier alpha value is -1.88. The van der Waals surface area contributed by atoms with Crippen LogP contribution in [0.5, 0.6) is 0 Å². The van der Waals surface area contributed by atoms with E-state index < -0.39 is 23.7 Å². The SMILES string of the molecule is C[C@H](NC(=O)[C@H](N)Cc1ccccc1)C(=O)OC(C)(C)C. The molecule has 3 N–H and O–H groups in total. The molecule has 0 saturated carbocycles. The third-order valence-electron chi connectivity index (χ3n) is 2.75. The van der Waals surface area contributed by atoms with Gasteiger partial charge in [-0.05, 0) is 39.7 Å². The third kappa shape index (κ3) is 6.40. The minimum Gasteiger partial charge on any atom is -0.458 e. The number of carbonyl (C=O) groups is 2. The quantitative estimate of drug-likeness (QED) is 0.804. The highest BCUT2D eigenvalue weighted by Gasteiger charge is 2.24. The van der Waals surface area contributed by atoms with Crippen molar-refractivity contribution < 1.29 is 14.3 Å². The number of benzene rings is 1. The summed E-state index contributed by atoms with van der Waals surface area (Å²) in [5, 5.41) is 2.58. The molecule has 0 spiro atoms. The van der Waals surface area contributed by atoms with Crippen LogP contribution < -0.4 is 11.1 Å². The molecule has 5 heteroatoms. The van der Waals surface area contributed by atoms with Gasteiger partial charge in [-0.1, -0.05) is 30.3 Å². The van der Waals surface area contributed by atoms with Crippen molar-refractivity contribution in [3.05, 3.63) is 35.9 Å². The highest BCUT2D eigenvalue weighted by molar-refractivity contribution is 5.87. The van der Waals surface area contributed by atoms with Crippen molar-refractivity contribution in [2.45, 2.75) is 51.8 Å². The van der Waals surface area contributed by atoms with Crippen LogP contribution in [0.2, 0.25) is 0 Å². The molecule has 0 aliphatic carbocycles. The second kappa shape index (κ2) is 7.22. The average molecular weight is 292 g/mol. The Bertz CT molecular complexity index is 480. The molecule has 0 aromatic heterocycles. The fourth-order valence-electron chi connectivity index (χ4n) is 1.73. The lowest BCUT2D eigenvalue weighted by molar-refractivity contribution is -0.158. The fraction of sp³-hybridized carbons (Fsp3) is 0.500. The van der Waals surface area contributed by atoms with Gasteiger partial charge in [-0.2, -0.15) is 0 Å². The number of carbonyl (C=O) groups excluding carboxylic acids is 2. The number of hydrogen-bond acceptors (Lipinski definition) is 4. The fourth-order valence-corrected chi connectivity index (χ4v) is 1.73. The molecular weight excluding hydrogens is 268 g/mol. The van der Waals surface area contributed by atoms with Crippen LogP contribution in [0, 0.1) is 0 Å². The summed E-state index contributed by atoms with van der Waals surface area (Å²) in [5.41, 5.74) is 6.26. The zero-order chi connectivity index (χ0) is 16.0. The molecule has 116 valence electrons. The van der Waals surface area contributed by atoms with E-state index in [4.69, 9.17) is 10.5 Å². The first-order valence-corrected chi connectivity index (χ1v) is 7.02. The van der Waals surface area contributed by atoms with Gasteiger partial charge >= 0.3 is 5.97 Å². The van der Waals surface area contributed by atoms with E-state index in [1.807, 2.05) is 30.3 Å². The zero-order valence-electron chi connectivity index (χ0n) is 13.1. The van der Waals surface area contributed by atoms with E-state index in [1.165, 1.54) is 0 Å². The summed E-state index contributed by atoms with van der Waals surface area (Å²) in [7, 11) is 0. The minimum absolute atomic E-state index is 0.364. The maximum absolute atomic E-state index is 12.0. The van der Waals surface area contributed by atoms with E-state index >= 15 is 0 Å². The summed E-state index contributed by atoms with van der Waals surface area (Å²) >= 11 is 0. The van der Waals surface area contributed by atoms with Crippen molar-refractivity contribution >= 4 is 11.9 Å². The van der Waals surface area contributed by atoms with Crippen LogP contribution in [0.15, 0.2) is 30.3 Å². The normalized spacial score (nSPS) is 14.1. The Kier molecular flexibility index (Phi) is 5.90. The predicted molar refractivity (Wildman–Crippen MR) is 81.6 cm³/mol. The maximum Gasteiger partial charge on any atom is 0.328 e. The number of amides is 1. The number of rotatable bonds is 5. The van der Waals surface area contributed by atoms with Crippen LogP contribution in [0.1, 0.15) is 33.3 Å². The van der Waals surface area contributed by atoms with Gasteiger partial charge in [0.1, 0.15) is 11.6 Å². The molecule has 0 radical (unpaired) electrons. The first-order valence-electron chi connectivity index (χ1n) is 7.02. The van der Waals surface area contributed by atoms with Gasteiger partial charge in [-0.25, -0.2) is 4.79 Å². The summed E-state index contributed by atoms with van der Waals surface area (Å²) < 4.78 is 5.20. The van der Waals surface area contributed by atoms with E-state index in [0.717, 1.165) is 5.56 Å². The maximum atomic E-state index is 12.0. The molecule has 1 rings (SSSR count). The first-order chi connectivity index (χ1) is 9.69. The summed E-state index contributed by atoms with van der Waals surface area (Å²) in [6.45, 7) is 6.92. The molecule has 1 aromatic carbocycles. The van der Waals surface area contributed by atoms with E-state index in [-0.39, 0.29) is 5.91 Å². The van der Waals surface area contributed by atoms with Gasteiger partial charge in [0.15, 0.2) is 0 Å².